The van der Waals surface area contributed by atoms with Crippen LogP contribution in [0.4, 0.5) is 5.69 Å². The molecular formula is C11H12BrNO4. The zero-order chi connectivity index (χ0) is 13.0. The molecule has 1 aromatic carbocycles. The lowest BCUT2D eigenvalue weighted by molar-refractivity contribution is -0.385. The fraction of sp³-hybridized carbons (Fsp3) is 0.364. The van der Waals surface area contributed by atoms with Gasteiger partial charge in [-0.3, -0.25) is 14.9 Å². The van der Waals surface area contributed by atoms with Crippen LogP contribution in [0.1, 0.15) is 16.7 Å². The number of carbonyl (C=O) groups excluding carboxylic acids is 1. The van der Waals surface area contributed by atoms with Gasteiger partial charge in [0, 0.05) is 17.0 Å². The van der Waals surface area contributed by atoms with Crippen LogP contribution in [0.5, 0.6) is 0 Å². The molecule has 0 heterocycles. The van der Waals surface area contributed by atoms with Crippen molar-refractivity contribution in [2.75, 3.05) is 7.11 Å². The van der Waals surface area contributed by atoms with E-state index in [-0.39, 0.29) is 18.1 Å². The van der Waals surface area contributed by atoms with Crippen molar-refractivity contribution >= 4 is 27.6 Å². The lowest BCUT2D eigenvalue weighted by Crippen LogP contribution is -2.07. The summed E-state index contributed by atoms with van der Waals surface area (Å²) >= 11 is 3.20. The van der Waals surface area contributed by atoms with Crippen molar-refractivity contribution in [1.29, 1.82) is 0 Å². The smallest absolute Gasteiger partial charge is 0.309 e. The molecule has 6 heteroatoms. The fourth-order valence-electron chi connectivity index (χ4n) is 1.48. The van der Waals surface area contributed by atoms with Crippen molar-refractivity contribution in [3.8, 4) is 0 Å². The molecule has 0 spiro atoms. The van der Waals surface area contributed by atoms with Gasteiger partial charge in [0.1, 0.15) is 0 Å². The number of nitro benzene ring substituents is 1. The van der Waals surface area contributed by atoms with E-state index in [1.54, 1.807) is 13.0 Å². The molecule has 0 saturated heterocycles. The van der Waals surface area contributed by atoms with E-state index in [4.69, 9.17) is 0 Å². The number of halogens is 1. The van der Waals surface area contributed by atoms with Crippen molar-refractivity contribution in [1.82, 2.24) is 0 Å². The molecule has 0 N–H and O–H groups in total. The van der Waals surface area contributed by atoms with Crippen molar-refractivity contribution in [3.05, 3.63) is 38.9 Å². The predicted molar refractivity (Wildman–Crippen MR) is 66.2 cm³/mol. The second-order valence-electron chi connectivity index (χ2n) is 3.55. The van der Waals surface area contributed by atoms with Gasteiger partial charge in [-0.05, 0) is 24.1 Å². The second kappa shape index (κ2) is 5.77. The summed E-state index contributed by atoms with van der Waals surface area (Å²) in [5.74, 6) is -0.359. The van der Waals surface area contributed by atoms with Crippen LogP contribution in [0.3, 0.4) is 0 Å². The van der Waals surface area contributed by atoms with E-state index in [2.05, 4.69) is 20.7 Å². The van der Waals surface area contributed by atoms with E-state index in [1.165, 1.54) is 13.2 Å². The van der Waals surface area contributed by atoms with Crippen LogP contribution in [0.15, 0.2) is 12.1 Å². The molecule has 0 fully saturated rings. The van der Waals surface area contributed by atoms with E-state index in [0.29, 0.717) is 16.5 Å². The summed E-state index contributed by atoms with van der Waals surface area (Å²) in [5.41, 5.74) is 2.08. The normalized spacial score (nSPS) is 10.1. The minimum absolute atomic E-state index is 0.0630. The number of alkyl halides is 1. The molecule has 5 nitrogen and oxygen atoms in total. The number of carbonyl (C=O) groups is 1. The Morgan fingerprint density at radius 1 is 1.47 bits per heavy atom. The number of aryl methyl sites for hydroxylation is 1. The Hall–Kier alpha value is -1.43. The molecule has 0 radical (unpaired) electrons. The van der Waals surface area contributed by atoms with Gasteiger partial charge in [0.05, 0.1) is 18.5 Å². The van der Waals surface area contributed by atoms with E-state index < -0.39 is 4.92 Å². The number of rotatable bonds is 4. The third-order valence-corrected chi connectivity index (χ3v) is 3.04. The quantitative estimate of drug-likeness (QED) is 0.371. The van der Waals surface area contributed by atoms with Gasteiger partial charge in [0.2, 0.25) is 0 Å². The average molecular weight is 302 g/mol. The van der Waals surface area contributed by atoms with Gasteiger partial charge in [-0.25, -0.2) is 0 Å². The lowest BCUT2D eigenvalue weighted by atomic mass is 10.0. The number of hydrogen-bond donors (Lipinski definition) is 0. The largest absolute Gasteiger partial charge is 0.469 e. The summed E-state index contributed by atoms with van der Waals surface area (Å²) in [6.45, 7) is 1.74. The Kier molecular flexibility index (Phi) is 4.62. The molecular weight excluding hydrogens is 290 g/mol. The molecule has 1 aromatic rings. The van der Waals surface area contributed by atoms with Gasteiger partial charge in [-0.1, -0.05) is 15.9 Å². The highest BCUT2D eigenvalue weighted by molar-refractivity contribution is 9.08. The Bertz CT molecular complexity index is 459. The molecule has 0 aliphatic rings. The van der Waals surface area contributed by atoms with Crippen molar-refractivity contribution in [3.63, 3.8) is 0 Å². The highest BCUT2D eigenvalue weighted by Gasteiger charge is 2.17. The highest BCUT2D eigenvalue weighted by Crippen LogP contribution is 2.25. The molecule has 0 atom stereocenters. The van der Waals surface area contributed by atoms with Gasteiger partial charge in [-0.2, -0.15) is 0 Å². The fourth-order valence-corrected chi connectivity index (χ4v) is 1.93. The Labute approximate surface area is 107 Å². The summed E-state index contributed by atoms with van der Waals surface area (Å²) in [7, 11) is 1.31. The predicted octanol–water partition coefficient (Wildman–Crippen LogP) is 2.51. The monoisotopic (exact) mass is 301 g/mol. The SMILES string of the molecule is COC(=O)Cc1cc(CBr)c([N+](=O)[O-])cc1C. The Balaban J connectivity index is 3.17. The number of methoxy groups -OCH3 is 1. The highest BCUT2D eigenvalue weighted by atomic mass is 79.9. The van der Waals surface area contributed by atoms with Crippen LogP contribution in [0.2, 0.25) is 0 Å². The zero-order valence-electron chi connectivity index (χ0n) is 9.53. The first-order valence-electron chi connectivity index (χ1n) is 4.89. The number of ether oxygens (including phenoxy) is 1. The van der Waals surface area contributed by atoms with Gasteiger partial charge in [0.25, 0.3) is 5.69 Å². The summed E-state index contributed by atoms with van der Waals surface area (Å²) in [6, 6.07) is 3.15. The lowest BCUT2D eigenvalue weighted by Gasteiger charge is -2.07. The molecule has 17 heavy (non-hydrogen) atoms. The summed E-state index contributed by atoms with van der Waals surface area (Å²) in [6.07, 6.45) is 0.125. The topological polar surface area (TPSA) is 69.4 Å². The molecule has 0 aliphatic heterocycles. The molecule has 0 saturated carbocycles. The van der Waals surface area contributed by atoms with E-state index in [1.807, 2.05) is 0 Å². The van der Waals surface area contributed by atoms with Crippen molar-refractivity contribution in [2.45, 2.75) is 18.7 Å². The zero-order valence-corrected chi connectivity index (χ0v) is 11.1. The molecule has 0 aliphatic carbocycles. The Morgan fingerprint density at radius 3 is 2.59 bits per heavy atom. The number of nitro groups is 1. The number of hydrogen-bond acceptors (Lipinski definition) is 4. The first-order chi connectivity index (χ1) is 7.99. The molecule has 0 unspecified atom stereocenters. The van der Waals surface area contributed by atoms with Crippen LogP contribution >= 0.6 is 15.9 Å². The van der Waals surface area contributed by atoms with Crippen LogP contribution < -0.4 is 0 Å². The van der Waals surface area contributed by atoms with Crippen LogP contribution in [0.25, 0.3) is 0 Å². The van der Waals surface area contributed by atoms with Gasteiger partial charge in [0.15, 0.2) is 0 Å². The molecule has 0 amide bonds. The summed E-state index contributed by atoms with van der Waals surface area (Å²) in [4.78, 5) is 21.6. The van der Waals surface area contributed by atoms with Crippen LogP contribution in [-0.4, -0.2) is 18.0 Å². The van der Waals surface area contributed by atoms with Crippen molar-refractivity contribution < 1.29 is 14.5 Å². The molecule has 92 valence electrons. The van der Waals surface area contributed by atoms with E-state index in [9.17, 15) is 14.9 Å². The van der Waals surface area contributed by atoms with Crippen LogP contribution in [0, 0.1) is 17.0 Å². The Morgan fingerprint density at radius 2 is 2.12 bits per heavy atom. The minimum atomic E-state index is -0.425. The van der Waals surface area contributed by atoms with Crippen LogP contribution in [-0.2, 0) is 21.3 Å². The number of nitrogens with zero attached hydrogens (tertiary/aromatic N) is 1. The van der Waals surface area contributed by atoms with E-state index in [0.717, 1.165) is 5.56 Å². The molecule has 0 bridgehead atoms. The van der Waals surface area contributed by atoms with Gasteiger partial charge >= 0.3 is 5.97 Å². The average Bonchev–Trinajstić information content (AvgIpc) is 2.30. The maximum Gasteiger partial charge on any atom is 0.309 e. The minimum Gasteiger partial charge on any atom is -0.469 e. The third kappa shape index (κ3) is 3.26. The standard InChI is InChI=1S/C11H12BrNO4/c1-7-3-10(13(15)16)9(6-12)4-8(7)5-11(14)17-2/h3-4H,5-6H2,1-2H3. The first-order valence-corrected chi connectivity index (χ1v) is 6.01. The number of esters is 1. The van der Waals surface area contributed by atoms with E-state index >= 15 is 0 Å². The summed E-state index contributed by atoms with van der Waals surface area (Å²) in [5, 5.41) is 11.2. The number of benzene rings is 1. The third-order valence-electron chi connectivity index (χ3n) is 2.44. The first kappa shape index (κ1) is 13.6. The maximum absolute atomic E-state index is 11.2. The second-order valence-corrected chi connectivity index (χ2v) is 4.11. The summed E-state index contributed by atoms with van der Waals surface area (Å²) < 4.78 is 4.58. The molecule has 0 aromatic heterocycles. The molecule has 1 rings (SSSR count). The maximum atomic E-state index is 11.2. The van der Waals surface area contributed by atoms with Gasteiger partial charge < -0.3 is 4.74 Å². The van der Waals surface area contributed by atoms with Gasteiger partial charge in [-0.15, -0.1) is 0 Å². The van der Waals surface area contributed by atoms with Crippen molar-refractivity contribution in [2.24, 2.45) is 0 Å².